The summed E-state index contributed by atoms with van der Waals surface area (Å²) < 4.78 is 5.26. The fourth-order valence-corrected chi connectivity index (χ4v) is 2.26. The second-order valence-corrected chi connectivity index (χ2v) is 5.80. The predicted molar refractivity (Wildman–Crippen MR) is 79.6 cm³/mol. The highest BCUT2D eigenvalue weighted by molar-refractivity contribution is 5.30. The van der Waals surface area contributed by atoms with Crippen molar-refractivity contribution in [2.24, 2.45) is 5.92 Å². The van der Waals surface area contributed by atoms with Crippen LogP contribution >= 0.6 is 0 Å². The van der Waals surface area contributed by atoms with E-state index in [1.807, 2.05) is 0 Å². The van der Waals surface area contributed by atoms with Gasteiger partial charge < -0.3 is 9.84 Å². The number of hydrogen-bond acceptors (Lipinski definition) is 4. The third kappa shape index (κ3) is 4.46. The van der Waals surface area contributed by atoms with Crippen LogP contribution < -0.4 is 5.32 Å². The van der Waals surface area contributed by atoms with Gasteiger partial charge in [0.1, 0.15) is 0 Å². The number of nitrogens with one attached hydrogen (secondary N) is 1. The highest BCUT2D eigenvalue weighted by Gasteiger charge is 2.07. The van der Waals surface area contributed by atoms with E-state index in [-0.39, 0.29) is 0 Å². The molecule has 1 N–H and O–H groups in total. The van der Waals surface area contributed by atoms with Crippen LogP contribution in [0.15, 0.2) is 22.7 Å². The lowest BCUT2D eigenvalue weighted by atomic mass is 10.1. The molecular formula is C16H23N3O. The van der Waals surface area contributed by atoms with Crippen molar-refractivity contribution in [1.29, 1.82) is 0 Å². The Bertz CT molecular complexity index is 540. The summed E-state index contributed by atoms with van der Waals surface area (Å²) in [7, 11) is 0. The molecule has 0 bridgehead atoms. The zero-order chi connectivity index (χ0) is 14.5. The Morgan fingerprint density at radius 2 is 1.85 bits per heavy atom. The van der Waals surface area contributed by atoms with Gasteiger partial charge in [-0.05, 0) is 31.9 Å². The summed E-state index contributed by atoms with van der Waals surface area (Å²) in [6.07, 6.45) is 0.718. The third-order valence-electron chi connectivity index (χ3n) is 2.98. The summed E-state index contributed by atoms with van der Waals surface area (Å²) in [5.74, 6) is 2.02. The van der Waals surface area contributed by atoms with Gasteiger partial charge in [0.25, 0.3) is 0 Å². The molecule has 0 saturated carbocycles. The van der Waals surface area contributed by atoms with Crippen LogP contribution in [-0.2, 0) is 13.0 Å². The van der Waals surface area contributed by atoms with Gasteiger partial charge in [0.15, 0.2) is 5.82 Å². The van der Waals surface area contributed by atoms with Gasteiger partial charge in [-0.2, -0.15) is 4.98 Å². The van der Waals surface area contributed by atoms with Crippen LogP contribution in [0, 0.1) is 19.8 Å². The van der Waals surface area contributed by atoms with Gasteiger partial charge in [-0.1, -0.05) is 48.3 Å². The second kappa shape index (κ2) is 6.66. The van der Waals surface area contributed by atoms with Gasteiger partial charge in [0.2, 0.25) is 5.89 Å². The summed E-state index contributed by atoms with van der Waals surface area (Å²) in [6, 6.07) is 6.50. The van der Waals surface area contributed by atoms with Crippen LogP contribution in [0.25, 0.3) is 0 Å². The summed E-state index contributed by atoms with van der Waals surface area (Å²) in [5, 5.41) is 7.34. The molecule has 4 nitrogen and oxygen atoms in total. The summed E-state index contributed by atoms with van der Waals surface area (Å²) >= 11 is 0. The quantitative estimate of drug-likeness (QED) is 0.879. The Labute approximate surface area is 120 Å². The molecule has 0 atom stereocenters. The number of nitrogens with zero attached hydrogens (tertiary/aromatic N) is 2. The standard InChI is InChI=1S/C16H23N3O/c1-11(2)9-17-10-16-18-15(19-20-16)8-14-6-12(3)5-13(4)7-14/h5-7,11,17H,8-10H2,1-4H3. The molecule has 2 aromatic rings. The number of hydrogen-bond donors (Lipinski definition) is 1. The molecule has 0 aliphatic carbocycles. The Morgan fingerprint density at radius 1 is 1.15 bits per heavy atom. The molecule has 0 saturated heterocycles. The van der Waals surface area contributed by atoms with Crippen molar-refractivity contribution in [1.82, 2.24) is 15.5 Å². The SMILES string of the molecule is Cc1cc(C)cc(Cc2noc(CNCC(C)C)n2)c1. The number of rotatable bonds is 6. The minimum atomic E-state index is 0.618. The molecule has 0 aliphatic heterocycles. The van der Waals surface area contributed by atoms with Gasteiger partial charge in [-0.3, -0.25) is 0 Å². The van der Waals surface area contributed by atoms with Crippen molar-refractivity contribution in [3.63, 3.8) is 0 Å². The molecular weight excluding hydrogens is 250 g/mol. The van der Waals surface area contributed by atoms with Crippen molar-refractivity contribution in [3.8, 4) is 0 Å². The summed E-state index contributed by atoms with van der Waals surface area (Å²) in [5.41, 5.74) is 3.76. The van der Waals surface area contributed by atoms with Gasteiger partial charge in [0.05, 0.1) is 6.54 Å². The monoisotopic (exact) mass is 273 g/mol. The van der Waals surface area contributed by atoms with Crippen LogP contribution in [0.1, 0.15) is 42.3 Å². The van der Waals surface area contributed by atoms with Gasteiger partial charge >= 0.3 is 0 Å². The van der Waals surface area contributed by atoms with E-state index in [9.17, 15) is 0 Å². The first-order valence-electron chi connectivity index (χ1n) is 7.12. The highest BCUT2D eigenvalue weighted by atomic mass is 16.5. The van der Waals surface area contributed by atoms with E-state index in [1.165, 1.54) is 16.7 Å². The van der Waals surface area contributed by atoms with Crippen LogP contribution in [-0.4, -0.2) is 16.7 Å². The molecule has 2 rings (SSSR count). The maximum absolute atomic E-state index is 5.26. The van der Waals surface area contributed by atoms with E-state index in [2.05, 4.69) is 61.4 Å². The zero-order valence-electron chi connectivity index (χ0n) is 12.7. The lowest BCUT2D eigenvalue weighted by molar-refractivity contribution is 0.360. The maximum Gasteiger partial charge on any atom is 0.240 e. The van der Waals surface area contributed by atoms with E-state index >= 15 is 0 Å². The average Bonchev–Trinajstić information content (AvgIpc) is 2.74. The predicted octanol–water partition coefficient (Wildman–Crippen LogP) is 3.02. The molecule has 108 valence electrons. The minimum Gasteiger partial charge on any atom is -0.338 e. The lowest BCUT2D eigenvalue weighted by Crippen LogP contribution is -2.19. The van der Waals surface area contributed by atoms with E-state index in [0.29, 0.717) is 18.4 Å². The molecule has 1 aromatic carbocycles. The number of aryl methyl sites for hydroxylation is 2. The van der Waals surface area contributed by atoms with Crippen LogP contribution in [0.2, 0.25) is 0 Å². The fourth-order valence-electron chi connectivity index (χ4n) is 2.26. The molecule has 0 amide bonds. The summed E-state index contributed by atoms with van der Waals surface area (Å²) in [6.45, 7) is 10.1. The van der Waals surface area contributed by atoms with Crippen LogP contribution in [0.5, 0.6) is 0 Å². The number of aromatic nitrogens is 2. The zero-order valence-corrected chi connectivity index (χ0v) is 12.7. The molecule has 0 spiro atoms. The Kier molecular flexibility index (Phi) is 4.90. The van der Waals surface area contributed by atoms with Crippen LogP contribution in [0.3, 0.4) is 0 Å². The molecule has 1 aromatic heterocycles. The van der Waals surface area contributed by atoms with Crippen molar-refractivity contribution in [2.75, 3.05) is 6.54 Å². The van der Waals surface area contributed by atoms with E-state index in [0.717, 1.165) is 18.8 Å². The molecule has 20 heavy (non-hydrogen) atoms. The van der Waals surface area contributed by atoms with Crippen molar-refractivity contribution >= 4 is 0 Å². The molecule has 0 aliphatic rings. The number of benzene rings is 1. The van der Waals surface area contributed by atoms with Gasteiger partial charge in [0, 0.05) is 6.42 Å². The Hall–Kier alpha value is -1.68. The van der Waals surface area contributed by atoms with Crippen molar-refractivity contribution < 1.29 is 4.52 Å². The lowest BCUT2D eigenvalue weighted by Gasteiger charge is -2.03. The Balaban J connectivity index is 1.95. The maximum atomic E-state index is 5.26. The van der Waals surface area contributed by atoms with E-state index in [1.54, 1.807) is 0 Å². The molecule has 1 heterocycles. The van der Waals surface area contributed by atoms with E-state index in [4.69, 9.17) is 4.52 Å². The van der Waals surface area contributed by atoms with Crippen molar-refractivity contribution in [2.45, 2.75) is 40.7 Å². The molecule has 0 unspecified atom stereocenters. The molecule has 4 heteroatoms. The second-order valence-electron chi connectivity index (χ2n) is 5.80. The fraction of sp³-hybridized carbons (Fsp3) is 0.500. The third-order valence-corrected chi connectivity index (χ3v) is 2.98. The highest BCUT2D eigenvalue weighted by Crippen LogP contribution is 2.12. The minimum absolute atomic E-state index is 0.618. The van der Waals surface area contributed by atoms with Crippen molar-refractivity contribution in [3.05, 3.63) is 46.6 Å². The van der Waals surface area contributed by atoms with E-state index < -0.39 is 0 Å². The molecule has 0 fully saturated rings. The Morgan fingerprint density at radius 3 is 2.50 bits per heavy atom. The van der Waals surface area contributed by atoms with Crippen LogP contribution in [0.4, 0.5) is 0 Å². The average molecular weight is 273 g/mol. The largest absolute Gasteiger partial charge is 0.338 e. The van der Waals surface area contributed by atoms with Gasteiger partial charge in [-0.25, -0.2) is 0 Å². The first-order chi connectivity index (χ1) is 9.52. The first-order valence-corrected chi connectivity index (χ1v) is 7.12. The normalized spacial score (nSPS) is 11.2. The first kappa shape index (κ1) is 14.7. The summed E-state index contributed by atoms with van der Waals surface area (Å²) in [4.78, 5) is 4.42. The molecule has 0 radical (unpaired) electrons. The smallest absolute Gasteiger partial charge is 0.240 e. The topological polar surface area (TPSA) is 51.0 Å². The van der Waals surface area contributed by atoms with Gasteiger partial charge in [-0.15, -0.1) is 0 Å².